The molecule has 1 fully saturated rings. The Labute approximate surface area is 67.6 Å². The van der Waals surface area contributed by atoms with Gasteiger partial charge in [0.05, 0.1) is 0 Å². The normalized spacial score (nSPS) is 37.5. The van der Waals surface area contributed by atoms with Crippen molar-refractivity contribution < 1.29 is 10.2 Å². The van der Waals surface area contributed by atoms with Crippen LogP contribution in [0.2, 0.25) is 0 Å². The van der Waals surface area contributed by atoms with Crippen molar-refractivity contribution in [3.63, 3.8) is 0 Å². The molecule has 3 atom stereocenters. The van der Waals surface area contributed by atoms with Crippen LogP contribution in [0.5, 0.6) is 0 Å². The summed E-state index contributed by atoms with van der Waals surface area (Å²) in [4.78, 5) is 0. The van der Waals surface area contributed by atoms with Crippen molar-refractivity contribution in [1.82, 2.24) is 0 Å². The number of hydrogen-bond donors (Lipinski definition) is 2. The quantitative estimate of drug-likeness (QED) is 0.593. The maximum atomic E-state index is 8.95. The molecular weight excluding hydrogens is 140 g/mol. The van der Waals surface area contributed by atoms with Gasteiger partial charge in [-0.05, 0) is 30.6 Å². The summed E-state index contributed by atoms with van der Waals surface area (Å²) < 4.78 is 0. The molecule has 2 heteroatoms. The summed E-state index contributed by atoms with van der Waals surface area (Å²) in [6.07, 6.45) is 3.84. The van der Waals surface area contributed by atoms with E-state index in [9.17, 15) is 0 Å². The molecule has 0 bridgehead atoms. The van der Waals surface area contributed by atoms with Gasteiger partial charge in [-0.25, -0.2) is 0 Å². The van der Waals surface area contributed by atoms with Crippen LogP contribution in [0.3, 0.4) is 0 Å². The summed E-state index contributed by atoms with van der Waals surface area (Å²) in [5.74, 6) is 1.14. The molecule has 0 aromatic heterocycles. The summed E-state index contributed by atoms with van der Waals surface area (Å²) >= 11 is 0. The van der Waals surface area contributed by atoms with Crippen LogP contribution in [0.25, 0.3) is 0 Å². The minimum Gasteiger partial charge on any atom is -0.396 e. The third-order valence-corrected chi connectivity index (χ3v) is 2.64. The van der Waals surface area contributed by atoms with Gasteiger partial charge >= 0.3 is 0 Å². The Hall–Kier alpha value is -0.340. The third kappa shape index (κ3) is 1.82. The molecule has 2 nitrogen and oxygen atoms in total. The molecule has 3 unspecified atom stereocenters. The fourth-order valence-corrected chi connectivity index (χ4v) is 1.92. The van der Waals surface area contributed by atoms with E-state index in [1.807, 2.05) is 6.08 Å². The molecule has 0 saturated heterocycles. The lowest BCUT2D eigenvalue weighted by atomic mass is 9.97. The Bertz CT molecular complexity index is 134. The summed E-state index contributed by atoms with van der Waals surface area (Å²) in [5.41, 5.74) is 0. The van der Waals surface area contributed by atoms with E-state index in [-0.39, 0.29) is 13.2 Å². The van der Waals surface area contributed by atoms with Crippen LogP contribution in [-0.4, -0.2) is 23.4 Å². The molecule has 0 aromatic rings. The number of allylic oxidation sites excluding steroid dienone is 1. The van der Waals surface area contributed by atoms with Gasteiger partial charge in [0.15, 0.2) is 0 Å². The minimum atomic E-state index is 0.229. The maximum Gasteiger partial charge on any atom is 0.0465 e. The van der Waals surface area contributed by atoms with Gasteiger partial charge in [0.25, 0.3) is 0 Å². The lowest BCUT2D eigenvalue weighted by Gasteiger charge is -2.10. The Morgan fingerprint density at radius 2 is 2.00 bits per heavy atom. The Balaban J connectivity index is 2.47. The number of aliphatic hydroxyl groups is 2. The zero-order chi connectivity index (χ0) is 8.27. The fourth-order valence-electron chi connectivity index (χ4n) is 1.92. The first-order valence-corrected chi connectivity index (χ1v) is 4.16. The molecule has 1 aliphatic carbocycles. The molecule has 0 heterocycles. The monoisotopic (exact) mass is 156 g/mol. The van der Waals surface area contributed by atoms with E-state index in [4.69, 9.17) is 10.2 Å². The lowest BCUT2D eigenvalue weighted by molar-refractivity contribution is 0.196. The van der Waals surface area contributed by atoms with Crippen molar-refractivity contribution in [3.8, 4) is 0 Å². The SMILES string of the molecule is C=CC1CC(CO)CC1CO. The molecule has 0 aliphatic heterocycles. The molecule has 1 aliphatic rings. The first-order valence-electron chi connectivity index (χ1n) is 4.16. The third-order valence-electron chi connectivity index (χ3n) is 2.64. The largest absolute Gasteiger partial charge is 0.396 e. The van der Waals surface area contributed by atoms with Crippen LogP contribution < -0.4 is 0 Å². The number of hydrogen-bond acceptors (Lipinski definition) is 2. The summed E-state index contributed by atoms with van der Waals surface area (Å²) in [6.45, 7) is 4.20. The minimum absolute atomic E-state index is 0.229. The van der Waals surface area contributed by atoms with Gasteiger partial charge in [0, 0.05) is 13.2 Å². The summed E-state index contributed by atoms with van der Waals surface area (Å²) in [5, 5.41) is 17.8. The van der Waals surface area contributed by atoms with Gasteiger partial charge in [-0.2, -0.15) is 0 Å². The van der Waals surface area contributed by atoms with Gasteiger partial charge in [0.1, 0.15) is 0 Å². The molecule has 11 heavy (non-hydrogen) atoms. The van der Waals surface area contributed by atoms with Crippen molar-refractivity contribution in [2.24, 2.45) is 17.8 Å². The van der Waals surface area contributed by atoms with Crippen molar-refractivity contribution in [2.75, 3.05) is 13.2 Å². The Kier molecular flexibility index (Phi) is 3.09. The zero-order valence-electron chi connectivity index (χ0n) is 6.74. The number of rotatable bonds is 3. The summed E-state index contributed by atoms with van der Waals surface area (Å²) in [7, 11) is 0. The smallest absolute Gasteiger partial charge is 0.0465 e. The van der Waals surface area contributed by atoms with E-state index < -0.39 is 0 Å². The molecule has 64 valence electrons. The highest BCUT2D eigenvalue weighted by Crippen LogP contribution is 2.36. The van der Waals surface area contributed by atoms with Gasteiger partial charge in [0.2, 0.25) is 0 Å². The second kappa shape index (κ2) is 3.88. The average Bonchev–Trinajstić information content (AvgIpc) is 2.46. The van der Waals surface area contributed by atoms with E-state index in [1.165, 1.54) is 0 Å². The van der Waals surface area contributed by atoms with E-state index in [0.29, 0.717) is 17.8 Å². The van der Waals surface area contributed by atoms with Gasteiger partial charge < -0.3 is 10.2 Å². The van der Waals surface area contributed by atoms with E-state index in [0.717, 1.165) is 12.8 Å². The first-order chi connectivity index (χ1) is 5.31. The lowest BCUT2D eigenvalue weighted by Crippen LogP contribution is -2.09. The molecular formula is C9H16O2. The average molecular weight is 156 g/mol. The van der Waals surface area contributed by atoms with E-state index in [2.05, 4.69) is 6.58 Å². The predicted octanol–water partition coefficient (Wildman–Crippen LogP) is 0.799. The van der Waals surface area contributed by atoms with Crippen molar-refractivity contribution in [1.29, 1.82) is 0 Å². The highest BCUT2D eigenvalue weighted by molar-refractivity contribution is 4.92. The van der Waals surface area contributed by atoms with Crippen LogP contribution >= 0.6 is 0 Å². The molecule has 0 amide bonds. The van der Waals surface area contributed by atoms with Gasteiger partial charge in [-0.3, -0.25) is 0 Å². The highest BCUT2D eigenvalue weighted by Gasteiger charge is 2.30. The van der Waals surface area contributed by atoms with Crippen LogP contribution in [0.1, 0.15) is 12.8 Å². The van der Waals surface area contributed by atoms with Crippen LogP contribution in [0.4, 0.5) is 0 Å². The standard InChI is InChI=1S/C9H16O2/c1-2-8-3-7(5-10)4-9(8)6-11/h2,7-11H,1,3-6H2. The molecule has 0 aromatic carbocycles. The Morgan fingerprint density at radius 1 is 1.27 bits per heavy atom. The highest BCUT2D eigenvalue weighted by atomic mass is 16.3. The van der Waals surface area contributed by atoms with Crippen molar-refractivity contribution >= 4 is 0 Å². The van der Waals surface area contributed by atoms with Crippen molar-refractivity contribution in [2.45, 2.75) is 12.8 Å². The molecule has 2 N–H and O–H groups in total. The maximum absolute atomic E-state index is 8.95. The molecule has 1 rings (SSSR count). The first kappa shape index (κ1) is 8.75. The number of aliphatic hydroxyl groups excluding tert-OH is 2. The topological polar surface area (TPSA) is 40.5 Å². The predicted molar refractivity (Wildman–Crippen MR) is 44.1 cm³/mol. The molecule has 0 radical (unpaired) electrons. The van der Waals surface area contributed by atoms with Gasteiger partial charge in [-0.1, -0.05) is 6.08 Å². The summed E-state index contributed by atoms with van der Waals surface area (Å²) in [6, 6.07) is 0. The van der Waals surface area contributed by atoms with E-state index in [1.54, 1.807) is 0 Å². The zero-order valence-corrected chi connectivity index (χ0v) is 6.74. The van der Waals surface area contributed by atoms with Gasteiger partial charge in [-0.15, -0.1) is 6.58 Å². The second-order valence-corrected chi connectivity index (χ2v) is 3.36. The van der Waals surface area contributed by atoms with Crippen molar-refractivity contribution in [3.05, 3.63) is 12.7 Å². The fraction of sp³-hybridized carbons (Fsp3) is 0.778. The van der Waals surface area contributed by atoms with Crippen LogP contribution in [0, 0.1) is 17.8 Å². The Morgan fingerprint density at radius 3 is 2.36 bits per heavy atom. The molecule has 0 spiro atoms. The van der Waals surface area contributed by atoms with Crippen LogP contribution in [-0.2, 0) is 0 Å². The van der Waals surface area contributed by atoms with Crippen LogP contribution in [0.15, 0.2) is 12.7 Å². The van der Waals surface area contributed by atoms with E-state index >= 15 is 0 Å². The second-order valence-electron chi connectivity index (χ2n) is 3.36. The molecule has 1 saturated carbocycles.